The van der Waals surface area contributed by atoms with E-state index in [0.29, 0.717) is 11.8 Å². The molecule has 136 valence electrons. The third kappa shape index (κ3) is 4.82. The number of nitrogens with one attached hydrogen (secondary N) is 2. The van der Waals surface area contributed by atoms with Gasteiger partial charge in [0.1, 0.15) is 0 Å². The maximum Gasteiger partial charge on any atom is 0.338 e. The van der Waals surface area contributed by atoms with Crippen LogP contribution in [-0.4, -0.2) is 24.4 Å². The van der Waals surface area contributed by atoms with Crippen LogP contribution in [0.1, 0.15) is 17.3 Å². The van der Waals surface area contributed by atoms with Crippen molar-refractivity contribution in [1.29, 1.82) is 0 Å². The first kappa shape index (κ1) is 19.0. The quantitative estimate of drug-likeness (QED) is 0.630. The first-order valence-corrected chi connectivity index (χ1v) is 7.26. The molecule has 2 rings (SSSR count). The van der Waals surface area contributed by atoms with Gasteiger partial charge in [-0.25, -0.2) is 18.0 Å². The number of amides is 2. The van der Waals surface area contributed by atoms with Crippen LogP contribution in [0.15, 0.2) is 36.4 Å². The van der Waals surface area contributed by atoms with E-state index in [1.54, 1.807) is 0 Å². The van der Waals surface area contributed by atoms with E-state index in [1.807, 2.05) is 5.32 Å². The Morgan fingerprint density at radius 3 is 2.19 bits per heavy atom. The Balaban J connectivity index is 1.91. The Hall–Kier alpha value is -3.36. The zero-order valence-electron chi connectivity index (χ0n) is 13.4. The molecule has 6 nitrogen and oxygen atoms in total. The molecule has 0 aliphatic rings. The number of rotatable bonds is 5. The number of esters is 1. The summed E-state index contributed by atoms with van der Waals surface area (Å²) >= 11 is 0. The van der Waals surface area contributed by atoms with E-state index < -0.39 is 41.6 Å². The molecule has 2 amide bonds. The van der Waals surface area contributed by atoms with Crippen molar-refractivity contribution in [3.63, 3.8) is 0 Å². The Labute approximate surface area is 146 Å². The van der Waals surface area contributed by atoms with Crippen molar-refractivity contribution in [3.05, 3.63) is 59.4 Å². The summed E-state index contributed by atoms with van der Waals surface area (Å²) < 4.78 is 44.1. The second-order valence-electron chi connectivity index (χ2n) is 5.11. The van der Waals surface area contributed by atoms with Crippen LogP contribution in [0, 0.1) is 17.5 Å². The van der Waals surface area contributed by atoms with Crippen LogP contribution in [0.2, 0.25) is 0 Å². The molecule has 2 aromatic rings. The molecule has 0 atom stereocenters. The average Bonchev–Trinajstić information content (AvgIpc) is 2.60. The average molecular weight is 366 g/mol. The number of halogens is 3. The van der Waals surface area contributed by atoms with Gasteiger partial charge in [-0.05, 0) is 36.4 Å². The van der Waals surface area contributed by atoms with Gasteiger partial charge in [0.15, 0.2) is 24.1 Å². The van der Waals surface area contributed by atoms with Gasteiger partial charge in [-0.15, -0.1) is 0 Å². The van der Waals surface area contributed by atoms with Crippen molar-refractivity contribution in [2.75, 3.05) is 17.2 Å². The monoisotopic (exact) mass is 366 g/mol. The van der Waals surface area contributed by atoms with Crippen LogP contribution in [0.25, 0.3) is 0 Å². The van der Waals surface area contributed by atoms with Crippen molar-refractivity contribution >= 4 is 29.2 Å². The summed E-state index contributed by atoms with van der Waals surface area (Å²) in [6.45, 7) is 0.571. The minimum atomic E-state index is -1.72. The van der Waals surface area contributed by atoms with Crippen molar-refractivity contribution in [3.8, 4) is 0 Å². The van der Waals surface area contributed by atoms with E-state index in [9.17, 15) is 27.6 Å². The van der Waals surface area contributed by atoms with Crippen molar-refractivity contribution in [2.45, 2.75) is 6.92 Å². The van der Waals surface area contributed by atoms with Gasteiger partial charge >= 0.3 is 5.97 Å². The van der Waals surface area contributed by atoms with Crippen LogP contribution < -0.4 is 10.6 Å². The van der Waals surface area contributed by atoms with Gasteiger partial charge in [0.2, 0.25) is 5.91 Å². The first-order valence-electron chi connectivity index (χ1n) is 7.26. The fraction of sp³-hybridized carbons (Fsp3) is 0.118. The molecule has 2 aromatic carbocycles. The summed E-state index contributed by atoms with van der Waals surface area (Å²) in [5.74, 6) is -6.72. The molecule has 0 saturated heterocycles. The van der Waals surface area contributed by atoms with E-state index in [-0.39, 0.29) is 11.5 Å². The number of hydrogen-bond donors (Lipinski definition) is 2. The lowest BCUT2D eigenvalue weighted by molar-refractivity contribution is -0.119. The standard InChI is InChI=1S/C17H13F3N2O4/c1-9(23)21-11-4-2-10(3-5-11)17(25)26-8-14(24)22-13-7-6-12(18)15(19)16(13)20/h2-7H,8H2,1H3,(H,21,23)(H,22,24). The third-order valence-corrected chi connectivity index (χ3v) is 3.08. The molecular formula is C17H13F3N2O4. The van der Waals surface area contributed by atoms with Gasteiger partial charge in [0.05, 0.1) is 11.3 Å². The summed E-state index contributed by atoms with van der Waals surface area (Å²) in [6.07, 6.45) is 0. The van der Waals surface area contributed by atoms with Crippen LogP contribution >= 0.6 is 0 Å². The molecular weight excluding hydrogens is 353 g/mol. The zero-order chi connectivity index (χ0) is 19.3. The van der Waals surface area contributed by atoms with Gasteiger partial charge < -0.3 is 15.4 Å². The molecule has 0 aliphatic carbocycles. The number of carbonyl (C=O) groups is 3. The predicted molar refractivity (Wildman–Crippen MR) is 86.0 cm³/mol. The SMILES string of the molecule is CC(=O)Nc1ccc(C(=O)OCC(=O)Nc2ccc(F)c(F)c2F)cc1. The third-order valence-electron chi connectivity index (χ3n) is 3.08. The van der Waals surface area contributed by atoms with Crippen molar-refractivity contribution in [2.24, 2.45) is 0 Å². The highest BCUT2D eigenvalue weighted by molar-refractivity contribution is 5.96. The Morgan fingerprint density at radius 2 is 1.58 bits per heavy atom. The van der Waals surface area contributed by atoms with E-state index in [1.165, 1.54) is 31.2 Å². The topological polar surface area (TPSA) is 84.5 Å². The summed E-state index contributed by atoms with van der Waals surface area (Å²) in [7, 11) is 0. The minimum Gasteiger partial charge on any atom is -0.452 e. The number of ether oxygens (including phenoxy) is 1. The molecule has 0 fully saturated rings. The Kier molecular flexibility index (Phi) is 5.94. The molecule has 0 radical (unpaired) electrons. The molecule has 0 spiro atoms. The summed E-state index contributed by atoms with van der Waals surface area (Å²) in [6, 6.07) is 7.18. The fourth-order valence-corrected chi connectivity index (χ4v) is 1.92. The highest BCUT2D eigenvalue weighted by atomic mass is 19.2. The summed E-state index contributed by atoms with van der Waals surface area (Å²) in [5.41, 5.74) is 0.0103. The Morgan fingerprint density at radius 1 is 0.923 bits per heavy atom. The van der Waals surface area contributed by atoms with Gasteiger partial charge in [0, 0.05) is 12.6 Å². The maximum absolute atomic E-state index is 13.4. The molecule has 0 aliphatic heterocycles. The molecule has 0 heterocycles. The molecule has 0 aromatic heterocycles. The van der Waals surface area contributed by atoms with Gasteiger partial charge in [0.25, 0.3) is 5.91 Å². The van der Waals surface area contributed by atoms with E-state index in [2.05, 4.69) is 5.32 Å². The van der Waals surface area contributed by atoms with Crippen molar-refractivity contribution in [1.82, 2.24) is 0 Å². The number of hydrogen-bond acceptors (Lipinski definition) is 4. The molecule has 9 heteroatoms. The normalized spacial score (nSPS) is 10.2. The number of carbonyl (C=O) groups excluding carboxylic acids is 3. The second-order valence-corrected chi connectivity index (χ2v) is 5.11. The van der Waals surface area contributed by atoms with Gasteiger partial charge in [-0.2, -0.15) is 0 Å². The number of anilines is 2. The minimum absolute atomic E-state index is 0.117. The predicted octanol–water partition coefficient (Wildman–Crippen LogP) is 2.86. The van der Waals surface area contributed by atoms with Crippen LogP contribution in [-0.2, 0) is 14.3 Å². The van der Waals surface area contributed by atoms with Crippen molar-refractivity contribution < 1.29 is 32.3 Å². The second kappa shape index (κ2) is 8.15. The lowest BCUT2D eigenvalue weighted by Crippen LogP contribution is -2.21. The molecule has 0 saturated carbocycles. The van der Waals surface area contributed by atoms with E-state index in [4.69, 9.17) is 4.74 Å². The lowest BCUT2D eigenvalue weighted by atomic mass is 10.2. The fourth-order valence-electron chi connectivity index (χ4n) is 1.92. The number of benzene rings is 2. The first-order chi connectivity index (χ1) is 12.3. The molecule has 26 heavy (non-hydrogen) atoms. The van der Waals surface area contributed by atoms with E-state index >= 15 is 0 Å². The Bertz CT molecular complexity index is 854. The highest BCUT2D eigenvalue weighted by Crippen LogP contribution is 2.19. The zero-order valence-corrected chi connectivity index (χ0v) is 13.4. The molecule has 0 unspecified atom stereocenters. The summed E-state index contributed by atoms with van der Waals surface area (Å²) in [5, 5.41) is 4.48. The summed E-state index contributed by atoms with van der Waals surface area (Å²) in [4.78, 5) is 34.4. The molecule has 2 N–H and O–H groups in total. The largest absolute Gasteiger partial charge is 0.452 e. The van der Waals surface area contributed by atoms with Crippen LogP contribution in [0.4, 0.5) is 24.5 Å². The van der Waals surface area contributed by atoms with Crippen LogP contribution in [0.5, 0.6) is 0 Å². The smallest absolute Gasteiger partial charge is 0.338 e. The maximum atomic E-state index is 13.4. The van der Waals surface area contributed by atoms with Crippen LogP contribution in [0.3, 0.4) is 0 Å². The molecule has 0 bridgehead atoms. The van der Waals surface area contributed by atoms with E-state index in [0.717, 1.165) is 6.07 Å². The van der Waals surface area contributed by atoms with Gasteiger partial charge in [-0.3, -0.25) is 9.59 Å². The van der Waals surface area contributed by atoms with Gasteiger partial charge in [-0.1, -0.05) is 0 Å². The lowest BCUT2D eigenvalue weighted by Gasteiger charge is -2.08. The highest BCUT2D eigenvalue weighted by Gasteiger charge is 2.16.